The topological polar surface area (TPSA) is 45.7 Å². The molecule has 24 heavy (non-hydrogen) atoms. The molecule has 0 spiro atoms. The van der Waals surface area contributed by atoms with Gasteiger partial charge in [0.25, 0.3) is 0 Å². The number of aliphatic imine (C=N–C) groups is 1. The Balaban J connectivity index is 1.87. The van der Waals surface area contributed by atoms with Crippen molar-refractivity contribution >= 4 is 5.96 Å². The molecule has 0 amide bonds. The highest BCUT2D eigenvalue weighted by molar-refractivity contribution is 5.79. The first kappa shape index (κ1) is 18.0. The van der Waals surface area contributed by atoms with Gasteiger partial charge in [0.1, 0.15) is 0 Å². The molecule has 2 N–H and O–H groups in total. The van der Waals surface area contributed by atoms with Crippen LogP contribution in [0.25, 0.3) is 0 Å². The van der Waals surface area contributed by atoms with Crippen LogP contribution < -0.4 is 10.6 Å². The standard InChI is InChI=1S/C20H27N3O/c1-3-21-20(22-4-2)23-14-18-11-8-12-19(13-18)16-24-15-17-9-6-5-7-10-17/h5-13H,3-4,14-16H2,1-2H3,(H2,21,22,23). The van der Waals surface area contributed by atoms with Crippen LogP contribution in [0.15, 0.2) is 59.6 Å². The first-order chi connectivity index (χ1) is 11.8. The molecule has 4 nitrogen and oxygen atoms in total. The molecule has 0 aliphatic rings. The van der Waals surface area contributed by atoms with E-state index in [0.717, 1.165) is 19.0 Å². The summed E-state index contributed by atoms with van der Waals surface area (Å²) in [4.78, 5) is 4.60. The van der Waals surface area contributed by atoms with E-state index in [9.17, 15) is 0 Å². The van der Waals surface area contributed by atoms with Crippen LogP contribution in [0, 0.1) is 0 Å². The third-order valence-electron chi connectivity index (χ3n) is 3.48. The third kappa shape index (κ3) is 6.42. The number of ether oxygens (including phenoxy) is 1. The first-order valence-corrected chi connectivity index (χ1v) is 8.53. The van der Waals surface area contributed by atoms with Crippen molar-refractivity contribution in [1.29, 1.82) is 0 Å². The maximum Gasteiger partial charge on any atom is 0.191 e. The predicted molar refractivity (Wildman–Crippen MR) is 99.9 cm³/mol. The lowest BCUT2D eigenvalue weighted by Gasteiger charge is -2.10. The highest BCUT2D eigenvalue weighted by atomic mass is 16.5. The monoisotopic (exact) mass is 325 g/mol. The van der Waals surface area contributed by atoms with Crippen molar-refractivity contribution in [3.05, 3.63) is 71.3 Å². The lowest BCUT2D eigenvalue weighted by Crippen LogP contribution is -2.36. The molecule has 4 heteroatoms. The lowest BCUT2D eigenvalue weighted by molar-refractivity contribution is 0.107. The molecule has 2 rings (SSSR count). The normalized spacial score (nSPS) is 10.2. The van der Waals surface area contributed by atoms with Gasteiger partial charge in [0.05, 0.1) is 19.8 Å². The Morgan fingerprint density at radius 2 is 1.46 bits per heavy atom. The van der Waals surface area contributed by atoms with E-state index in [0.29, 0.717) is 19.8 Å². The maximum absolute atomic E-state index is 5.80. The molecule has 0 aliphatic carbocycles. The molecule has 0 radical (unpaired) electrons. The van der Waals surface area contributed by atoms with Gasteiger partial charge in [-0.25, -0.2) is 4.99 Å². The smallest absolute Gasteiger partial charge is 0.191 e. The van der Waals surface area contributed by atoms with E-state index in [-0.39, 0.29) is 0 Å². The van der Waals surface area contributed by atoms with E-state index in [4.69, 9.17) is 4.74 Å². The molecule has 2 aromatic rings. The van der Waals surface area contributed by atoms with Gasteiger partial charge in [0, 0.05) is 13.1 Å². The van der Waals surface area contributed by atoms with Crippen molar-refractivity contribution in [3.63, 3.8) is 0 Å². The Labute approximate surface area is 145 Å². The fraction of sp³-hybridized carbons (Fsp3) is 0.350. The highest BCUT2D eigenvalue weighted by Gasteiger charge is 1.99. The summed E-state index contributed by atoms with van der Waals surface area (Å²) in [5.41, 5.74) is 3.55. The Morgan fingerprint density at radius 1 is 0.833 bits per heavy atom. The van der Waals surface area contributed by atoms with Gasteiger partial charge in [-0.3, -0.25) is 0 Å². The van der Waals surface area contributed by atoms with Crippen LogP contribution in [0.4, 0.5) is 0 Å². The zero-order valence-corrected chi connectivity index (χ0v) is 14.6. The summed E-state index contributed by atoms with van der Waals surface area (Å²) in [5, 5.41) is 6.47. The summed E-state index contributed by atoms with van der Waals surface area (Å²) in [6.45, 7) is 7.75. The van der Waals surface area contributed by atoms with Gasteiger partial charge in [0.2, 0.25) is 0 Å². The summed E-state index contributed by atoms with van der Waals surface area (Å²) >= 11 is 0. The molecular weight excluding hydrogens is 298 g/mol. The Kier molecular flexibility index (Phi) is 7.84. The van der Waals surface area contributed by atoms with Crippen LogP contribution in [0.3, 0.4) is 0 Å². The van der Waals surface area contributed by atoms with E-state index in [1.807, 2.05) is 18.2 Å². The maximum atomic E-state index is 5.80. The molecule has 0 aliphatic heterocycles. The zero-order chi connectivity index (χ0) is 17.0. The third-order valence-corrected chi connectivity index (χ3v) is 3.48. The number of guanidine groups is 1. The average Bonchev–Trinajstić information content (AvgIpc) is 2.61. The second-order valence-electron chi connectivity index (χ2n) is 5.52. The quantitative estimate of drug-likeness (QED) is 0.577. The van der Waals surface area contributed by atoms with E-state index < -0.39 is 0 Å². The van der Waals surface area contributed by atoms with Crippen molar-refractivity contribution < 1.29 is 4.74 Å². The first-order valence-electron chi connectivity index (χ1n) is 8.53. The summed E-state index contributed by atoms with van der Waals surface area (Å²) in [5.74, 6) is 0.853. The lowest BCUT2D eigenvalue weighted by atomic mass is 10.1. The predicted octanol–water partition coefficient (Wildman–Crippen LogP) is 3.48. The average molecular weight is 325 g/mol. The number of nitrogens with zero attached hydrogens (tertiary/aromatic N) is 1. The van der Waals surface area contributed by atoms with Crippen molar-refractivity contribution in [1.82, 2.24) is 10.6 Å². The van der Waals surface area contributed by atoms with Gasteiger partial charge in [-0.2, -0.15) is 0 Å². The summed E-state index contributed by atoms with van der Waals surface area (Å²) < 4.78 is 5.80. The molecule has 0 heterocycles. The molecule has 0 aromatic heterocycles. The van der Waals surface area contributed by atoms with E-state index >= 15 is 0 Å². The Bertz CT molecular complexity index is 618. The van der Waals surface area contributed by atoms with Crippen LogP contribution in [-0.2, 0) is 24.5 Å². The molecule has 0 unspecified atom stereocenters. The van der Waals surface area contributed by atoms with Crippen molar-refractivity contribution in [2.24, 2.45) is 4.99 Å². The summed E-state index contributed by atoms with van der Waals surface area (Å²) in [6, 6.07) is 18.6. The van der Waals surface area contributed by atoms with Crippen LogP contribution in [-0.4, -0.2) is 19.0 Å². The van der Waals surface area contributed by atoms with Crippen molar-refractivity contribution in [3.8, 4) is 0 Å². The number of hydrogen-bond donors (Lipinski definition) is 2. The van der Waals surface area contributed by atoms with E-state index in [2.05, 4.69) is 65.9 Å². The van der Waals surface area contributed by atoms with Gasteiger partial charge in [0.15, 0.2) is 5.96 Å². The Hall–Kier alpha value is -2.33. The SMILES string of the molecule is CCNC(=NCc1cccc(COCc2ccccc2)c1)NCC. The van der Waals surface area contributed by atoms with Crippen molar-refractivity contribution in [2.45, 2.75) is 33.6 Å². The molecular formula is C20H27N3O. The van der Waals surface area contributed by atoms with E-state index in [1.165, 1.54) is 16.7 Å². The fourth-order valence-corrected chi connectivity index (χ4v) is 2.36. The minimum absolute atomic E-state index is 0.611. The molecule has 128 valence electrons. The number of nitrogens with one attached hydrogen (secondary N) is 2. The van der Waals surface area contributed by atoms with Crippen molar-refractivity contribution in [2.75, 3.05) is 13.1 Å². The second-order valence-corrected chi connectivity index (χ2v) is 5.52. The minimum Gasteiger partial charge on any atom is -0.372 e. The van der Waals surface area contributed by atoms with Gasteiger partial charge in [-0.15, -0.1) is 0 Å². The number of rotatable bonds is 8. The Morgan fingerprint density at radius 3 is 2.17 bits per heavy atom. The van der Waals surface area contributed by atoms with Gasteiger partial charge in [-0.1, -0.05) is 54.6 Å². The van der Waals surface area contributed by atoms with Crippen LogP contribution in [0.5, 0.6) is 0 Å². The van der Waals surface area contributed by atoms with Gasteiger partial charge in [-0.05, 0) is 30.5 Å². The van der Waals surface area contributed by atoms with Gasteiger partial charge >= 0.3 is 0 Å². The van der Waals surface area contributed by atoms with E-state index in [1.54, 1.807) is 0 Å². The molecule has 0 saturated carbocycles. The number of hydrogen-bond acceptors (Lipinski definition) is 2. The largest absolute Gasteiger partial charge is 0.372 e. The van der Waals surface area contributed by atoms with Crippen LogP contribution in [0.1, 0.15) is 30.5 Å². The van der Waals surface area contributed by atoms with Crippen LogP contribution >= 0.6 is 0 Å². The molecule has 0 bridgehead atoms. The van der Waals surface area contributed by atoms with Crippen LogP contribution in [0.2, 0.25) is 0 Å². The molecule has 0 saturated heterocycles. The molecule has 0 fully saturated rings. The molecule has 2 aromatic carbocycles. The number of benzene rings is 2. The summed E-state index contributed by atoms with van der Waals surface area (Å²) in [7, 11) is 0. The molecule has 0 atom stereocenters. The fourth-order valence-electron chi connectivity index (χ4n) is 2.36. The zero-order valence-electron chi connectivity index (χ0n) is 14.6. The second kappa shape index (κ2) is 10.4. The van der Waals surface area contributed by atoms with Gasteiger partial charge < -0.3 is 15.4 Å². The highest BCUT2D eigenvalue weighted by Crippen LogP contribution is 2.09. The summed E-state index contributed by atoms with van der Waals surface area (Å²) in [6.07, 6.45) is 0. The minimum atomic E-state index is 0.611.